The number of anilines is 1. The van der Waals surface area contributed by atoms with E-state index in [1.54, 1.807) is 25.1 Å². The van der Waals surface area contributed by atoms with Crippen LogP contribution in [0.4, 0.5) is 18.9 Å². The van der Waals surface area contributed by atoms with Gasteiger partial charge in [-0.15, -0.1) is 12.4 Å². The van der Waals surface area contributed by atoms with Crippen molar-refractivity contribution >= 4 is 39.9 Å². The number of carbonyl (C=O) groups is 2. The molecule has 3 aromatic carbocycles. The van der Waals surface area contributed by atoms with Crippen molar-refractivity contribution in [1.29, 1.82) is 0 Å². The highest BCUT2D eigenvalue weighted by atomic mass is 35.5. The molecule has 0 aliphatic carbocycles. The first-order valence-electron chi connectivity index (χ1n) is 11.8. The molecule has 0 aliphatic rings. The number of alkyl halides is 3. The monoisotopic (exact) mass is 604 g/mol. The minimum absolute atomic E-state index is 0. The van der Waals surface area contributed by atoms with Gasteiger partial charge in [-0.05, 0) is 61.0 Å². The first-order chi connectivity index (χ1) is 18.8. The molecule has 1 aromatic heterocycles. The lowest BCUT2D eigenvalue weighted by Crippen LogP contribution is -2.23. The van der Waals surface area contributed by atoms with E-state index in [9.17, 15) is 31.2 Å². The number of pyridine rings is 1. The van der Waals surface area contributed by atoms with Crippen molar-refractivity contribution in [3.63, 3.8) is 0 Å². The van der Waals surface area contributed by atoms with E-state index in [0.29, 0.717) is 22.4 Å². The predicted molar refractivity (Wildman–Crippen MR) is 150 cm³/mol. The summed E-state index contributed by atoms with van der Waals surface area (Å²) in [5.41, 5.74) is 2.15. The summed E-state index contributed by atoms with van der Waals surface area (Å²) in [5, 5.41) is 10.6. The fourth-order valence-electron chi connectivity index (χ4n) is 3.80. The Hall–Kier alpha value is -4.26. The van der Waals surface area contributed by atoms with Crippen LogP contribution in [0, 0.1) is 6.92 Å². The van der Waals surface area contributed by atoms with Gasteiger partial charge in [-0.2, -0.15) is 13.2 Å². The summed E-state index contributed by atoms with van der Waals surface area (Å²) in [7, 11) is -3.97. The molecule has 0 aliphatic heterocycles. The van der Waals surface area contributed by atoms with Crippen LogP contribution in [0.5, 0.6) is 0 Å². The van der Waals surface area contributed by atoms with E-state index >= 15 is 0 Å². The van der Waals surface area contributed by atoms with Gasteiger partial charge in [-0.1, -0.05) is 35.9 Å². The predicted octanol–water partition coefficient (Wildman–Crippen LogP) is 5.33. The molecule has 0 saturated carbocycles. The van der Waals surface area contributed by atoms with Crippen LogP contribution in [0.1, 0.15) is 37.5 Å². The smallest absolute Gasteiger partial charge is 0.348 e. The van der Waals surface area contributed by atoms with Gasteiger partial charge in [0.05, 0.1) is 10.5 Å². The number of sulfonamides is 1. The Morgan fingerprint density at radius 1 is 0.902 bits per heavy atom. The fraction of sp³-hybridized carbons (Fsp3) is 0.107. The second-order valence-corrected chi connectivity index (χ2v) is 10.4. The Bertz CT molecular complexity index is 1660. The number of hydrogen-bond acceptors (Lipinski definition) is 5. The molecule has 0 radical (unpaired) electrons. The molecular formula is C28H24ClF3N4O4S. The number of nitrogens with zero attached hydrogens (tertiary/aromatic N) is 1. The molecule has 0 unspecified atom stereocenters. The third-order valence-electron chi connectivity index (χ3n) is 5.89. The zero-order chi connectivity index (χ0) is 29.1. The van der Waals surface area contributed by atoms with Crippen LogP contribution in [-0.4, -0.2) is 25.2 Å². The summed E-state index contributed by atoms with van der Waals surface area (Å²) >= 11 is 0. The number of halogens is 4. The maximum absolute atomic E-state index is 12.7. The number of aromatic nitrogens is 1. The van der Waals surface area contributed by atoms with Crippen LogP contribution in [0.15, 0.2) is 90.0 Å². The average Bonchev–Trinajstić information content (AvgIpc) is 2.91. The first kappa shape index (κ1) is 31.3. The second-order valence-electron chi connectivity index (χ2n) is 8.89. The van der Waals surface area contributed by atoms with E-state index in [1.807, 2.05) is 0 Å². The fourth-order valence-corrected chi connectivity index (χ4v) is 4.54. The van der Waals surface area contributed by atoms with Crippen LogP contribution in [-0.2, 0) is 22.7 Å². The summed E-state index contributed by atoms with van der Waals surface area (Å²) in [6, 6.07) is 18.2. The third-order valence-corrected chi connectivity index (χ3v) is 6.86. The molecule has 0 spiro atoms. The minimum atomic E-state index is -4.43. The number of hydrogen-bond donors (Lipinski definition) is 3. The van der Waals surface area contributed by atoms with Gasteiger partial charge in [0.15, 0.2) is 0 Å². The lowest BCUT2D eigenvalue weighted by Gasteiger charge is -2.10. The first-order valence-corrected chi connectivity index (χ1v) is 13.3. The molecule has 8 nitrogen and oxygen atoms in total. The topological polar surface area (TPSA) is 131 Å². The highest BCUT2D eigenvalue weighted by molar-refractivity contribution is 7.89. The Balaban J connectivity index is 0.00000462. The summed E-state index contributed by atoms with van der Waals surface area (Å²) in [4.78, 5) is 29.2. The number of amides is 2. The van der Waals surface area contributed by atoms with Crippen molar-refractivity contribution < 1.29 is 31.2 Å². The van der Waals surface area contributed by atoms with Gasteiger partial charge in [-0.3, -0.25) is 14.6 Å². The van der Waals surface area contributed by atoms with Gasteiger partial charge in [0.1, 0.15) is 5.69 Å². The molecule has 41 heavy (non-hydrogen) atoms. The maximum atomic E-state index is 12.7. The van der Waals surface area contributed by atoms with Crippen molar-refractivity contribution in [3.05, 3.63) is 113 Å². The number of nitrogens with two attached hydrogens (primary N) is 1. The van der Waals surface area contributed by atoms with Crippen molar-refractivity contribution in [3.8, 4) is 11.1 Å². The second kappa shape index (κ2) is 12.5. The van der Waals surface area contributed by atoms with Crippen molar-refractivity contribution in [2.75, 3.05) is 5.32 Å². The van der Waals surface area contributed by atoms with Gasteiger partial charge < -0.3 is 10.6 Å². The molecule has 214 valence electrons. The molecule has 4 aromatic rings. The molecule has 4 N–H and O–H groups in total. The number of rotatable bonds is 7. The SMILES string of the molecule is Cc1ccc(S(N)(=O)=O)c(-c2ccc(C(=O)Nc3ccc(C(=O)NCc4ccc(C(F)(F)F)cc4)cc3)nc2)c1.Cl. The largest absolute Gasteiger partial charge is 0.416 e. The molecule has 0 atom stereocenters. The number of nitrogens with one attached hydrogen (secondary N) is 2. The zero-order valence-corrected chi connectivity index (χ0v) is 23.0. The van der Waals surface area contributed by atoms with Gasteiger partial charge in [-0.25, -0.2) is 13.6 Å². The molecule has 0 bridgehead atoms. The van der Waals surface area contributed by atoms with E-state index in [0.717, 1.165) is 17.7 Å². The quantitative estimate of drug-likeness (QED) is 0.262. The Morgan fingerprint density at radius 2 is 1.56 bits per heavy atom. The molecule has 2 amide bonds. The van der Waals surface area contributed by atoms with E-state index in [2.05, 4.69) is 15.6 Å². The highest BCUT2D eigenvalue weighted by Gasteiger charge is 2.29. The lowest BCUT2D eigenvalue weighted by molar-refractivity contribution is -0.137. The molecular weight excluding hydrogens is 581 g/mol. The Kier molecular flexibility index (Phi) is 9.53. The number of benzene rings is 3. The van der Waals surface area contributed by atoms with E-state index in [1.165, 1.54) is 54.7 Å². The van der Waals surface area contributed by atoms with E-state index < -0.39 is 33.6 Å². The van der Waals surface area contributed by atoms with Gasteiger partial charge in [0, 0.05) is 35.1 Å². The number of aryl methyl sites for hydroxylation is 1. The van der Waals surface area contributed by atoms with E-state index in [4.69, 9.17) is 5.14 Å². The van der Waals surface area contributed by atoms with E-state index in [-0.39, 0.29) is 35.1 Å². The van der Waals surface area contributed by atoms with Crippen LogP contribution in [0.3, 0.4) is 0 Å². The molecule has 0 saturated heterocycles. The lowest BCUT2D eigenvalue weighted by atomic mass is 10.0. The maximum Gasteiger partial charge on any atom is 0.416 e. The molecule has 13 heteroatoms. The minimum Gasteiger partial charge on any atom is -0.348 e. The normalized spacial score (nSPS) is 11.3. The van der Waals surface area contributed by atoms with Gasteiger partial charge >= 0.3 is 6.18 Å². The summed E-state index contributed by atoms with van der Waals surface area (Å²) in [6.07, 6.45) is -3.05. The molecule has 4 rings (SSSR count). The van der Waals surface area contributed by atoms with Gasteiger partial charge in [0.25, 0.3) is 11.8 Å². The average molecular weight is 605 g/mol. The van der Waals surface area contributed by atoms with Crippen LogP contribution in [0.2, 0.25) is 0 Å². The molecule has 1 heterocycles. The summed E-state index contributed by atoms with van der Waals surface area (Å²) in [5.74, 6) is -0.966. The van der Waals surface area contributed by atoms with Crippen molar-refractivity contribution in [1.82, 2.24) is 10.3 Å². The Morgan fingerprint density at radius 3 is 2.12 bits per heavy atom. The number of primary sulfonamides is 1. The standard InChI is InChI=1S/C28H23F3N4O4S.ClH/c1-17-2-13-25(40(32,38)39)23(14-17)20-7-12-24(33-16-20)27(37)35-22-10-5-19(6-11-22)26(36)34-15-18-3-8-21(9-4-18)28(29,30)31;/h2-14,16H,15H2,1H3,(H,34,36)(H,35,37)(H2,32,38,39);1H. The Labute approximate surface area is 240 Å². The van der Waals surface area contributed by atoms with Crippen LogP contribution < -0.4 is 15.8 Å². The van der Waals surface area contributed by atoms with Gasteiger partial charge in [0.2, 0.25) is 10.0 Å². The van der Waals surface area contributed by atoms with Crippen molar-refractivity contribution in [2.24, 2.45) is 5.14 Å². The highest BCUT2D eigenvalue weighted by Crippen LogP contribution is 2.29. The number of carbonyl (C=O) groups excluding carboxylic acids is 2. The molecule has 0 fully saturated rings. The van der Waals surface area contributed by atoms with Crippen molar-refractivity contribution in [2.45, 2.75) is 24.5 Å². The zero-order valence-electron chi connectivity index (χ0n) is 21.4. The summed E-state index contributed by atoms with van der Waals surface area (Å²) < 4.78 is 62.0. The van der Waals surface area contributed by atoms with Crippen LogP contribution in [0.25, 0.3) is 11.1 Å². The summed E-state index contributed by atoms with van der Waals surface area (Å²) in [6.45, 7) is 1.85. The van der Waals surface area contributed by atoms with Crippen LogP contribution >= 0.6 is 12.4 Å². The third kappa shape index (κ3) is 7.91.